The maximum atomic E-state index is 11.6. The SMILES string of the molecule is C=C([NH3+])[C@H](C#N)C(=O)COC(=O)CC1CCCC1. The van der Waals surface area contributed by atoms with Gasteiger partial charge in [-0.15, -0.1) is 0 Å². The van der Waals surface area contributed by atoms with Gasteiger partial charge in [0, 0.05) is 6.42 Å². The van der Waals surface area contributed by atoms with Crippen LogP contribution in [0.3, 0.4) is 0 Å². The van der Waals surface area contributed by atoms with Gasteiger partial charge in [-0.2, -0.15) is 5.26 Å². The van der Waals surface area contributed by atoms with Gasteiger partial charge in [0.05, 0.1) is 6.07 Å². The Balaban J connectivity index is 2.31. The summed E-state index contributed by atoms with van der Waals surface area (Å²) in [6, 6.07) is 1.80. The molecule has 3 N–H and O–H groups in total. The molecule has 0 radical (unpaired) electrons. The van der Waals surface area contributed by atoms with Crippen LogP contribution in [0.25, 0.3) is 0 Å². The quantitative estimate of drug-likeness (QED) is 0.698. The van der Waals surface area contributed by atoms with E-state index in [9.17, 15) is 9.59 Å². The molecule has 98 valence electrons. The van der Waals surface area contributed by atoms with E-state index in [1.807, 2.05) is 0 Å². The summed E-state index contributed by atoms with van der Waals surface area (Å²) in [6.07, 6.45) is 4.80. The fourth-order valence-corrected chi connectivity index (χ4v) is 2.14. The van der Waals surface area contributed by atoms with Crippen molar-refractivity contribution in [2.75, 3.05) is 6.61 Å². The van der Waals surface area contributed by atoms with E-state index in [1.165, 1.54) is 0 Å². The lowest BCUT2D eigenvalue weighted by Gasteiger charge is -2.09. The number of carbonyl (C=O) groups excluding carboxylic acids is 2. The Bertz CT molecular complexity index is 378. The van der Waals surface area contributed by atoms with Crippen LogP contribution in [0.15, 0.2) is 12.3 Å². The molecule has 1 aliphatic rings. The molecular weight excluding hydrogens is 232 g/mol. The Morgan fingerprint density at radius 3 is 2.56 bits per heavy atom. The van der Waals surface area contributed by atoms with Gasteiger partial charge in [-0.3, -0.25) is 9.59 Å². The van der Waals surface area contributed by atoms with Gasteiger partial charge in [-0.25, -0.2) is 0 Å². The Hall–Kier alpha value is -1.67. The third kappa shape index (κ3) is 4.30. The molecule has 0 saturated heterocycles. The number of esters is 1. The monoisotopic (exact) mass is 251 g/mol. The molecule has 1 rings (SSSR count). The first-order valence-electron chi connectivity index (χ1n) is 6.13. The predicted molar refractivity (Wildman–Crippen MR) is 63.7 cm³/mol. The molecule has 1 fully saturated rings. The first kappa shape index (κ1) is 14.4. The standard InChI is InChI=1S/C13H18N2O3/c1-9(15)11(7-14)12(16)8-18-13(17)6-10-4-2-3-5-10/h10-11H,1-6,8,15H2/p+1/t11-/m0/s1. The van der Waals surface area contributed by atoms with Crippen molar-refractivity contribution in [3.8, 4) is 6.07 Å². The number of nitriles is 1. The van der Waals surface area contributed by atoms with Crippen molar-refractivity contribution in [1.82, 2.24) is 0 Å². The molecule has 0 amide bonds. The third-order valence-corrected chi connectivity index (χ3v) is 3.16. The van der Waals surface area contributed by atoms with Gasteiger partial charge in [-0.05, 0) is 25.3 Å². The van der Waals surface area contributed by atoms with E-state index in [0.29, 0.717) is 12.3 Å². The Labute approximate surface area is 107 Å². The molecular formula is C13H19N2O3+. The molecule has 0 aromatic rings. The Kier molecular flexibility index (Phi) is 5.53. The summed E-state index contributed by atoms with van der Waals surface area (Å²) in [7, 11) is 0. The second kappa shape index (κ2) is 6.92. The molecule has 5 nitrogen and oxygen atoms in total. The summed E-state index contributed by atoms with van der Waals surface area (Å²) < 4.78 is 4.89. The number of allylic oxidation sites excluding steroid dienone is 1. The van der Waals surface area contributed by atoms with E-state index >= 15 is 0 Å². The first-order valence-corrected chi connectivity index (χ1v) is 6.13. The zero-order valence-corrected chi connectivity index (χ0v) is 10.5. The highest BCUT2D eigenvalue weighted by Crippen LogP contribution is 2.27. The van der Waals surface area contributed by atoms with E-state index in [4.69, 9.17) is 10.00 Å². The summed E-state index contributed by atoms with van der Waals surface area (Å²) in [5.41, 5.74) is 3.69. The summed E-state index contributed by atoms with van der Waals surface area (Å²) in [5.74, 6) is -1.41. The van der Waals surface area contributed by atoms with Crippen molar-refractivity contribution in [1.29, 1.82) is 5.26 Å². The van der Waals surface area contributed by atoms with Crippen LogP contribution < -0.4 is 5.73 Å². The zero-order chi connectivity index (χ0) is 13.5. The van der Waals surface area contributed by atoms with Crippen molar-refractivity contribution in [2.45, 2.75) is 32.1 Å². The Morgan fingerprint density at radius 2 is 2.06 bits per heavy atom. The molecule has 0 aliphatic heterocycles. The fourth-order valence-electron chi connectivity index (χ4n) is 2.14. The van der Waals surface area contributed by atoms with Crippen LogP contribution in [0.2, 0.25) is 0 Å². The molecule has 0 heterocycles. The summed E-state index contributed by atoms with van der Waals surface area (Å²) in [5, 5.41) is 8.75. The lowest BCUT2D eigenvalue weighted by Crippen LogP contribution is -2.51. The second-order valence-corrected chi connectivity index (χ2v) is 4.70. The van der Waals surface area contributed by atoms with E-state index < -0.39 is 11.7 Å². The number of rotatable bonds is 6. The van der Waals surface area contributed by atoms with E-state index in [1.54, 1.807) is 6.07 Å². The average molecular weight is 251 g/mol. The maximum Gasteiger partial charge on any atom is 0.306 e. The van der Waals surface area contributed by atoms with Crippen molar-refractivity contribution in [3.05, 3.63) is 12.3 Å². The number of ether oxygens (including phenoxy) is 1. The van der Waals surface area contributed by atoms with E-state index in [-0.39, 0.29) is 18.3 Å². The minimum absolute atomic E-state index is 0.231. The highest BCUT2D eigenvalue weighted by atomic mass is 16.5. The van der Waals surface area contributed by atoms with Gasteiger partial charge in [0.1, 0.15) is 5.70 Å². The highest BCUT2D eigenvalue weighted by molar-refractivity contribution is 5.88. The average Bonchev–Trinajstić information content (AvgIpc) is 2.79. The van der Waals surface area contributed by atoms with Crippen LogP contribution in [-0.2, 0) is 14.3 Å². The fraction of sp³-hybridized carbons (Fsp3) is 0.615. The van der Waals surface area contributed by atoms with Gasteiger partial charge < -0.3 is 10.5 Å². The van der Waals surface area contributed by atoms with Gasteiger partial charge in [0.25, 0.3) is 0 Å². The normalized spacial score (nSPS) is 16.9. The molecule has 0 unspecified atom stereocenters. The zero-order valence-electron chi connectivity index (χ0n) is 10.5. The number of Topliss-reactive ketones (excluding diaryl/α,β-unsaturated/α-hetero) is 1. The summed E-state index contributed by atoms with van der Waals surface area (Å²) in [6.45, 7) is 3.10. The van der Waals surface area contributed by atoms with Crippen molar-refractivity contribution in [2.24, 2.45) is 11.8 Å². The maximum absolute atomic E-state index is 11.6. The number of ketones is 1. The van der Waals surface area contributed by atoms with Crippen LogP contribution in [0, 0.1) is 23.2 Å². The van der Waals surface area contributed by atoms with Crippen LogP contribution in [0.4, 0.5) is 0 Å². The van der Waals surface area contributed by atoms with Gasteiger partial charge in [0.15, 0.2) is 18.3 Å². The topological polar surface area (TPSA) is 94.8 Å². The number of carbonyl (C=O) groups is 2. The van der Waals surface area contributed by atoms with Gasteiger partial charge >= 0.3 is 5.97 Å². The summed E-state index contributed by atoms with van der Waals surface area (Å²) >= 11 is 0. The second-order valence-electron chi connectivity index (χ2n) is 4.70. The molecule has 1 aliphatic carbocycles. The number of hydrogen-bond acceptors (Lipinski definition) is 4. The predicted octanol–water partition coefficient (Wildman–Crippen LogP) is 0.574. The molecule has 0 spiro atoms. The highest BCUT2D eigenvalue weighted by Gasteiger charge is 2.24. The van der Waals surface area contributed by atoms with Crippen LogP contribution in [-0.4, -0.2) is 18.4 Å². The van der Waals surface area contributed by atoms with Crippen LogP contribution in [0.5, 0.6) is 0 Å². The van der Waals surface area contributed by atoms with E-state index in [2.05, 4.69) is 12.3 Å². The van der Waals surface area contributed by atoms with E-state index in [0.717, 1.165) is 25.7 Å². The largest absolute Gasteiger partial charge is 0.458 e. The van der Waals surface area contributed by atoms with Gasteiger partial charge in [-0.1, -0.05) is 12.8 Å². The van der Waals surface area contributed by atoms with Crippen LogP contribution >= 0.6 is 0 Å². The first-order chi connectivity index (χ1) is 8.54. The third-order valence-electron chi connectivity index (χ3n) is 3.16. The minimum atomic E-state index is -0.982. The number of hydrogen-bond donors (Lipinski definition) is 1. The molecule has 1 saturated carbocycles. The Morgan fingerprint density at radius 1 is 1.44 bits per heavy atom. The smallest absolute Gasteiger partial charge is 0.306 e. The van der Waals surface area contributed by atoms with Crippen molar-refractivity contribution in [3.63, 3.8) is 0 Å². The molecule has 0 aromatic heterocycles. The molecule has 0 aromatic carbocycles. The molecule has 1 atom stereocenters. The summed E-state index contributed by atoms with van der Waals surface area (Å²) in [4.78, 5) is 23.0. The minimum Gasteiger partial charge on any atom is -0.458 e. The lowest BCUT2D eigenvalue weighted by atomic mass is 10.0. The lowest BCUT2D eigenvalue weighted by molar-refractivity contribution is -0.309. The van der Waals surface area contributed by atoms with Crippen LogP contribution in [0.1, 0.15) is 32.1 Å². The molecule has 18 heavy (non-hydrogen) atoms. The molecule has 0 bridgehead atoms. The number of nitrogens with zero attached hydrogens (tertiary/aromatic N) is 1. The van der Waals surface area contributed by atoms with Crippen molar-refractivity contribution >= 4 is 11.8 Å². The number of quaternary nitrogens is 1. The molecule has 5 heteroatoms. The van der Waals surface area contributed by atoms with Crippen molar-refractivity contribution < 1.29 is 20.1 Å². The van der Waals surface area contributed by atoms with Gasteiger partial charge in [0.2, 0.25) is 0 Å².